The molecule has 0 aliphatic carbocycles. The van der Waals surface area contributed by atoms with Gasteiger partial charge in [-0.15, -0.1) is 5.06 Å². The van der Waals surface area contributed by atoms with E-state index in [1.54, 1.807) is 38.1 Å². The number of carbonyl (C=O) groups excluding carboxylic acids is 2. The molecule has 1 amide bonds. The number of amides is 1. The highest BCUT2D eigenvalue weighted by Gasteiger charge is 2.42. The Morgan fingerprint density at radius 1 is 1.24 bits per heavy atom. The van der Waals surface area contributed by atoms with Crippen LogP contribution in [0.4, 0.5) is 10.6 Å². The van der Waals surface area contributed by atoms with Gasteiger partial charge in [0.25, 0.3) is 5.91 Å². The molecule has 4 heterocycles. The molecule has 4 rings (SSSR count). The van der Waals surface area contributed by atoms with Crippen molar-refractivity contribution in [1.29, 1.82) is 0 Å². The largest absolute Gasteiger partial charge is 0.528 e. The van der Waals surface area contributed by atoms with E-state index >= 15 is 0 Å². The summed E-state index contributed by atoms with van der Waals surface area (Å²) in [7, 11) is 0. The van der Waals surface area contributed by atoms with Crippen molar-refractivity contribution in [3.05, 3.63) is 35.1 Å². The number of carbonyl (C=O) groups is 2. The van der Waals surface area contributed by atoms with E-state index in [2.05, 4.69) is 15.4 Å². The van der Waals surface area contributed by atoms with E-state index in [0.717, 1.165) is 5.82 Å². The van der Waals surface area contributed by atoms with Gasteiger partial charge in [-0.3, -0.25) is 15.1 Å². The Kier molecular flexibility index (Phi) is 6.93. The summed E-state index contributed by atoms with van der Waals surface area (Å²) in [6, 6.07) is 3.60. The summed E-state index contributed by atoms with van der Waals surface area (Å²) < 4.78 is 5.20. The molecule has 1 aromatic rings. The molecule has 0 radical (unpaired) electrons. The summed E-state index contributed by atoms with van der Waals surface area (Å²) in [4.78, 5) is 44.6. The van der Waals surface area contributed by atoms with Crippen LogP contribution in [0, 0.1) is 0 Å². The van der Waals surface area contributed by atoms with Crippen LogP contribution in [-0.4, -0.2) is 77.0 Å². The van der Waals surface area contributed by atoms with E-state index in [1.807, 2.05) is 24.0 Å². The molecule has 1 N–H and O–H groups in total. The molecule has 0 aromatic carbocycles. The Morgan fingerprint density at radius 2 is 1.97 bits per heavy atom. The first kappa shape index (κ1) is 24.6. The zero-order chi connectivity index (χ0) is 24.5. The number of hydrogen-bond acceptors (Lipinski definition) is 9. The first-order valence-electron chi connectivity index (χ1n) is 11.5. The number of nitrogens with one attached hydrogen (secondary N) is 1. The van der Waals surface area contributed by atoms with Gasteiger partial charge in [-0.25, -0.2) is 9.78 Å². The van der Waals surface area contributed by atoms with Crippen LogP contribution in [0.15, 0.2) is 30.1 Å². The molecule has 1 unspecified atom stereocenters. The van der Waals surface area contributed by atoms with Gasteiger partial charge in [0, 0.05) is 45.0 Å². The number of piperidine rings is 1. The third-order valence-corrected chi connectivity index (χ3v) is 6.39. The van der Waals surface area contributed by atoms with Crippen LogP contribution in [0.1, 0.15) is 40.5 Å². The molecule has 2 saturated heterocycles. The minimum atomic E-state index is -0.722. The van der Waals surface area contributed by atoms with Gasteiger partial charge in [-0.2, -0.15) is 0 Å². The fraction of sp³-hybridized carbons (Fsp3) is 0.609. The van der Waals surface area contributed by atoms with Crippen molar-refractivity contribution in [2.24, 2.45) is 0 Å². The zero-order valence-electron chi connectivity index (χ0n) is 20.0. The highest BCUT2D eigenvalue weighted by atomic mass is 35.5. The van der Waals surface area contributed by atoms with Crippen LogP contribution in [0.2, 0.25) is 5.02 Å². The lowest BCUT2D eigenvalue weighted by Gasteiger charge is -2.40. The smallest absolute Gasteiger partial charge is 0.427 e. The maximum absolute atomic E-state index is 13.2. The highest BCUT2D eigenvalue weighted by Crippen LogP contribution is 2.33. The molecule has 34 heavy (non-hydrogen) atoms. The SMILES string of the molecule is CC1CN(c2ncccc2Cl)CCN1C(=O)C1=CC2(CCN(OC(=O)OC(C)(C)C)CC2)ON1. The number of aromatic nitrogens is 1. The van der Waals surface area contributed by atoms with Crippen molar-refractivity contribution in [3.63, 3.8) is 0 Å². The van der Waals surface area contributed by atoms with E-state index in [4.69, 9.17) is 26.0 Å². The molecule has 1 aromatic heterocycles. The van der Waals surface area contributed by atoms with E-state index < -0.39 is 17.4 Å². The van der Waals surface area contributed by atoms with Crippen LogP contribution in [0.5, 0.6) is 0 Å². The van der Waals surface area contributed by atoms with Gasteiger partial charge >= 0.3 is 6.16 Å². The minimum absolute atomic E-state index is 0.0253. The lowest BCUT2D eigenvalue weighted by molar-refractivity contribution is -0.180. The minimum Gasteiger partial charge on any atom is -0.427 e. The van der Waals surface area contributed by atoms with Crippen molar-refractivity contribution in [3.8, 4) is 0 Å². The molecule has 11 heteroatoms. The summed E-state index contributed by atoms with van der Waals surface area (Å²) in [5.41, 5.74) is 2.07. The molecule has 2 fully saturated rings. The highest BCUT2D eigenvalue weighted by molar-refractivity contribution is 6.32. The van der Waals surface area contributed by atoms with E-state index in [-0.39, 0.29) is 11.9 Å². The number of halogens is 1. The number of anilines is 1. The number of rotatable bonds is 3. The number of hydrogen-bond donors (Lipinski definition) is 1. The summed E-state index contributed by atoms with van der Waals surface area (Å²) >= 11 is 6.30. The number of piperazine rings is 1. The lowest BCUT2D eigenvalue weighted by atomic mass is 9.91. The second-order valence-electron chi connectivity index (χ2n) is 9.91. The molecule has 1 spiro atoms. The van der Waals surface area contributed by atoms with Crippen molar-refractivity contribution in [1.82, 2.24) is 20.4 Å². The number of hydroxylamine groups is 3. The average Bonchev–Trinajstić information content (AvgIpc) is 3.18. The Bertz CT molecular complexity index is 957. The molecular weight excluding hydrogens is 462 g/mol. The van der Waals surface area contributed by atoms with Gasteiger partial charge in [0.1, 0.15) is 22.7 Å². The van der Waals surface area contributed by atoms with Crippen LogP contribution in [-0.2, 0) is 19.2 Å². The van der Waals surface area contributed by atoms with Crippen LogP contribution in [0.3, 0.4) is 0 Å². The summed E-state index contributed by atoms with van der Waals surface area (Å²) in [6.45, 7) is 10.1. The standard InChI is InChI=1S/C23H32ClN5O5/c1-16-15-27(19-17(24)6-5-9-25-19)12-13-29(16)20(30)18-14-23(34-26-18)7-10-28(11-8-23)33-21(31)32-22(2,3)4/h5-6,9,14,16,26H,7-8,10-13,15H2,1-4H3. The van der Waals surface area contributed by atoms with E-state index in [0.29, 0.717) is 56.3 Å². The van der Waals surface area contributed by atoms with Gasteiger partial charge in [-0.05, 0) is 58.7 Å². The summed E-state index contributed by atoms with van der Waals surface area (Å²) in [5, 5.41) is 2.17. The predicted octanol–water partition coefficient (Wildman–Crippen LogP) is 2.89. The number of pyridine rings is 1. The maximum atomic E-state index is 13.2. The Hall–Kier alpha value is -2.56. The summed E-state index contributed by atoms with van der Waals surface area (Å²) in [6.07, 6.45) is 4.01. The van der Waals surface area contributed by atoms with Gasteiger partial charge in [0.15, 0.2) is 0 Å². The molecule has 1 atom stereocenters. The average molecular weight is 494 g/mol. The molecule has 186 valence electrons. The summed E-state index contributed by atoms with van der Waals surface area (Å²) in [5.74, 6) is 0.646. The lowest BCUT2D eigenvalue weighted by Crippen LogP contribution is -2.55. The van der Waals surface area contributed by atoms with Crippen molar-refractivity contribution >= 4 is 29.5 Å². The van der Waals surface area contributed by atoms with Crippen molar-refractivity contribution < 1.29 is 24.0 Å². The monoisotopic (exact) mass is 493 g/mol. The van der Waals surface area contributed by atoms with Crippen LogP contribution < -0.4 is 10.4 Å². The van der Waals surface area contributed by atoms with Crippen LogP contribution >= 0.6 is 11.6 Å². The Morgan fingerprint density at radius 3 is 2.62 bits per heavy atom. The second-order valence-corrected chi connectivity index (χ2v) is 10.3. The predicted molar refractivity (Wildman–Crippen MR) is 126 cm³/mol. The topological polar surface area (TPSA) is 96.5 Å². The molecular formula is C23H32ClN5O5. The second kappa shape index (κ2) is 9.59. The fourth-order valence-electron chi connectivity index (χ4n) is 4.38. The third kappa shape index (κ3) is 5.56. The normalized spacial score (nSPS) is 22.9. The number of nitrogens with zero attached hydrogens (tertiary/aromatic N) is 4. The zero-order valence-corrected chi connectivity index (χ0v) is 20.8. The molecule has 3 aliphatic heterocycles. The molecule has 10 nitrogen and oxygen atoms in total. The Balaban J connectivity index is 1.32. The van der Waals surface area contributed by atoms with E-state index in [9.17, 15) is 9.59 Å². The molecule has 3 aliphatic rings. The van der Waals surface area contributed by atoms with E-state index in [1.165, 1.54) is 0 Å². The fourth-order valence-corrected chi connectivity index (χ4v) is 4.62. The quantitative estimate of drug-likeness (QED) is 0.637. The molecule has 0 saturated carbocycles. The van der Waals surface area contributed by atoms with Gasteiger partial charge in [0.2, 0.25) is 0 Å². The van der Waals surface area contributed by atoms with Gasteiger partial charge in [0.05, 0.1) is 5.02 Å². The Labute approximate surface area is 204 Å². The van der Waals surface area contributed by atoms with Crippen molar-refractivity contribution in [2.45, 2.75) is 57.8 Å². The first-order chi connectivity index (χ1) is 16.1. The first-order valence-corrected chi connectivity index (χ1v) is 11.9. The number of ether oxygens (including phenoxy) is 1. The van der Waals surface area contributed by atoms with Gasteiger partial charge < -0.3 is 19.4 Å². The maximum Gasteiger partial charge on any atom is 0.528 e. The third-order valence-electron chi connectivity index (χ3n) is 6.09. The van der Waals surface area contributed by atoms with Crippen molar-refractivity contribution in [2.75, 3.05) is 37.6 Å². The van der Waals surface area contributed by atoms with Crippen LogP contribution in [0.25, 0.3) is 0 Å². The molecule has 0 bridgehead atoms. The van der Waals surface area contributed by atoms with Gasteiger partial charge in [-0.1, -0.05) is 11.6 Å².